The molecule has 0 atom stereocenters. The second-order valence-electron chi connectivity index (χ2n) is 0. The Bertz CT molecular complexity index is 6.00. The molecule has 0 bridgehead atoms. The van der Waals surface area contributed by atoms with Crippen LogP contribution in [0.3, 0.4) is 0 Å². The Morgan fingerprint density at radius 2 is 1.25 bits per heavy atom. The van der Waals surface area contributed by atoms with Crippen molar-refractivity contribution in [1.82, 2.24) is 0 Å². The number of hydrogen-bond acceptors (Lipinski definition) is 1. The van der Waals surface area contributed by atoms with Gasteiger partial charge in [-0.25, -0.2) is 0 Å². The Labute approximate surface area is 62.3 Å². The van der Waals surface area contributed by atoms with Crippen LogP contribution in [0.15, 0.2) is 0 Å². The molecule has 0 aliphatic carbocycles. The van der Waals surface area contributed by atoms with E-state index in [1.165, 1.54) is 0 Å². The molecule has 0 heterocycles. The molecule has 0 amide bonds. The van der Waals surface area contributed by atoms with E-state index >= 15 is 0 Å². The Morgan fingerprint density at radius 1 is 1.25 bits per heavy atom. The molecule has 1 nitrogen and oxygen atoms in total. The van der Waals surface area contributed by atoms with Crippen LogP contribution in [0.25, 0.3) is 0 Å². The van der Waals surface area contributed by atoms with E-state index in [9.17, 15) is 0 Å². The second kappa shape index (κ2) is 24.8. The van der Waals surface area contributed by atoms with Gasteiger partial charge in [-0.3, -0.25) is 0 Å². The minimum atomic E-state index is 0. The molecule has 0 fully saturated rings. The smallest absolute Gasteiger partial charge is 0.381 e. The van der Waals surface area contributed by atoms with Gasteiger partial charge in [0.1, 0.15) is 0 Å². The monoisotopic (exact) mass is 238 g/mol. The summed E-state index contributed by atoms with van der Waals surface area (Å²) in [5.41, 5.74) is 0. The van der Waals surface area contributed by atoms with E-state index in [2.05, 4.69) is 0 Å². The first-order valence-electron chi connectivity index (χ1n) is 0.204. The van der Waals surface area contributed by atoms with E-state index in [1.807, 2.05) is 0 Å². The van der Waals surface area contributed by atoms with Crippen molar-refractivity contribution in [3.8, 4) is 0 Å². The zero-order chi connectivity index (χ0) is 2.00. The van der Waals surface area contributed by atoms with E-state index in [4.69, 9.17) is 4.46 Å². The molecule has 26 valence electrons. The van der Waals surface area contributed by atoms with Crippen molar-refractivity contribution in [3.05, 3.63) is 0 Å². The van der Waals surface area contributed by atoms with Crippen LogP contribution < -0.4 is 0 Å². The summed E-state index contributed by atoms with van der Waals surface area (Å²) < 4.78 is 8.06. The fraction of sp³-hybridized carbons (Fsp3) is 0. The van der Waals surface area contributed by atoms with Crippen LogP contribution in [-0.2, 0) is 4.46 Å². The number of hydrogen-bond donors (Lipinski definition) is 0. The van der Waals surface area contributed by atoms with Crippen molar-refractivity contribution in [2.75, 3.05) is 0 Å². The summed E-state index contributed by atoms with van der Waals surface area (Å²) in [7, 11) is 1.72. The van der Waals surface area contributed by atoms with Crippen LogP contribution in [0.2, 0.25) is 0 Å². The molecule has 6 radical (unpaired) electrons. The van der Waals surface area contributed by atoms with E-state index in [0.29, 0.717) is 0 Å². The van der Waals surface area contributed by atoms with Crippen LogP contribution in [0.4, 0.5) is 0 Å². The van der Waals surface area contributed by atoms with Gasteiger partial charge in [0.2, 0.25) is 0 Å². The van der Waals surface area contributed by atoms with E-state index in [0.717, 1.165) is 0 Å². The molecule has 0 unspecified atom stereocenters. The van der Waals surface area contributed by atoms with Crippen LogP contribution in [-0.4, -0.2) is 21.1 Å². The zero-order valence-electron chi connectivity index (χ0n) is 1.70. The normalized spacial score (nSPS) is 1.00. The summed E-state index contributed by atoms with van der Waals surface area (Å²) in [6, 6.07) is 0. The maximum absolute atomic E-state index is 8.06. The molecule has 0 aromatic heterocycles. The quantitative estimate of drug-likeness (QED) is 0.502. The van der Waals surface area contributed by atoms with Crippen molar-refractivity contribution < 1.29 is 41.8 Å². The minimum Gasteiger partial charge on any atom is -0.381 e. The summed E-state index contributed by atoms with van der Waals surface area (Å²) in [6.07, 6.45) is 0. The fourth-order valence-corrected chi connectivity index (χ4v) is 0. The van der Waals surface area contributed by atoms with Crippen molar-refractivity contribution in [2.45, 2.75) is 0 Å². The molecule has 0 N–H and O–H groups in total. The minimum absolute atomic E-state index is 0. The van der Waals surface area contributed by atoms with E-state index < -0.39 is 0 Å². The van der Waals surface area contributed by atoms with Gasteiger partial charge in [0.25, 0.3) is 0 Å². The summed E-state index contributed by atoms with van der Waals surface area (Å²) >= 11 is 0. The SMILES string of the molecule is O=[Si].[Er].[Si]. The Hall–Kier alpha value is 1.48. The molecular formula is ErOSi2. The maximum Gasteiger partial charge on any atom is 0.381 e. The van der Waals surface area contributed by atoms with Crippen molar-refractivity contribution in [2.24, 2.45) is 0 Å². The molecule has 4 heavy (non-hydrogen) atoms. The largest absolute Gasteiger partial charge is 0.381 e. The van der Waals surface area contributed by atoms with Gasteiger partial charge in [-0.15, -0.1) is 0 Å². The first kappa shape index (κ1) is 17.9. The van der Waals surface area contributed by atoms with Crippen LogP contribution >= 0.6 is 0 Å². The average molecular weight is 239 g/mol. The third kappa shape index (κ3) is 9.77. The molecule has 0 aromatic carbocycles. The topological polar surface area (TPSA) is 17.1 Å². The fourth-order valence-electron chi connectivity index (χ4n) is 0. The van der Waals surface area contributed by atoms with Gasteiger partial charge >= 0.3 is 10.1 Å². The molecule has 0 aromatic rings. The molecule has 0 saturated heterocycles. The molecule has 0 saturated carbocycles. The molecule has 4 heteroatoms. The van der Waals surface area contributed by atoms with Crippen LogP contribution in [0, 0.1) is 37.3 Å². The van der Waals surface area contributed by atoms with Gasteiger partial charge < -0.3 is 4.46 Å². The molecular weight excluding hydrogens is 239 g/mol. The van der Waals surface area contributed by atoms with Gasteiger partial charge in [0.05, 0.1) is 0 Å². The Balaban J connectivity index is -0.00000000500. The van der Waals surface area contributed by atoms with Gasteiger partial charge in [0, 0.05) is 48.3 Å². The van der Waals surface area contributed by atoms with Crippen LogP contribution in [0.5, 0.6) is 0 Å². The Kier molecular flexibility index (Phi) is 111. The third-order valence-electron chi connectivity index (χ3n) is 0. The van der Waals surface area contributed by atoms with Gasteiger partial charge in [-0.2, -0.15) is 0 Å². The summed E-state index contributed by atoms with van der Waals surface area (Å²) in [6.45, 7) is 0. The summed E-state index contributed by atoms with van der Waals surface area (Å²) in [5, 5.41) is 0. The average Bonchev–Trinajstić information content (AvgIpc) is 1.00. The molecule has 0 aliphatic rings. The first-order valence-corrected chi connectivity index (χ1v) is 0.612. The number of rotatable bonds is 0. The van der Waals surface area contributed by atoms with Gasteiger partial charge in [-0.05, 0) is 0 Å². The second-order valence-corrected chi connectivity index (χ2v) is 0. The summed E-state index contributed by atoms with van der Waals surface area (Å²) in [5.74, 6) is 0. The van der Waals surface area contributed by atoms with Crippen molar-refractivity contribution in [1.29, 1.82) is 0 Å². The first-order chi connectivity index (χ1) is 1.00. The summed E-state index contributed by atoms with van der Waals surface area (Å²) in [4.78, 5) is 0. The van der Waals surface area contributed by atoms with Gasteiger partial charge in [0.15, 0.2) is 0 Å². The maximum atomic E-state index is 8.06. The van der Waals surface area contributed by atoms with Crippen LogP contribution in [0.1, 0.15) is 0 Å². The van der Waals surface area contributed by atoms with Crippen molar-refractivity contribution in [3.63, 3.8) is 0 Å². The Morgan fingerprint density at radius 3 is 1.25 bits per heavy atom. The van der Waals surface area contributed by atoms with E-state index in [1.54, 1.807) is 10.1 Å². The van der Waals surface area contributed by atoms with E-state index in [-0.39, 0.29) is 48.3 Å². The molecule has 0 spiro atoms. The van der Waals surface area contributed by atoms with Gasteiger partial charge in [-0.1, -0.05) is 0 Å². The molecule has 0 rings (SSSR count). The predicted molar refractivity (Wildman–Crippen MR) is 12.2 cm³/mol. The third-order valence-corrected chi connectivity index (χ3v) is 0. The van der Waals surface area contributed by atoms with Crippen molar-refractivity contribution >= 4 is 21.1 Å². The zero-order valence-corrected chi connectivity index (χ0v) is 5.55. The predicted octanol–water partition coefficient (Wildman–Crippen LogP) is -0.880. The molecule has 0 aliphatic heterocycles. The standard InChI is InChI=1S/Er.OSi.Si/c;1-2;.